The quantitative estimate of drug-likeness (QED) is 0.797. The first kappa shape index (κ1) is 13.8. The molecule has 2 N–H and O–H groups in total. The molecule has 0 fully saturated rings. The first-order valence-corrected chi connectivity index (χ1v) is 7.42. The second kappa shape index (κ2) is 6.53. The van der Waals surface area contributed by atoms with Crippen molar-refractivity contribution in [3.05, 3.63) is 24.3 Å². The summed E-state index contributed by atoms with van der Waals surface area (Å²) in [6.45, 7) is 0.161. The Hall–Kier alpha value is -1.60. The maximum Gasteiger partial charge on any atom is 0.305 e. The van der Waals surface area contributed by atoms with E-state index in [1.54, 1.807) is 11.3 Å². The fourth-order valence-electron chi connectivity index (χ4n) is 1.40. The largest absolute Gasteiger partial charge is 0.481 e. The van der Waals surface area contributed by atoms with E-state index in [4.69, 9.17) is 5.11 Å². The number of aromatic nitrogens is 1. The first-order valence-electron chi connectivity index (χ1n) is 5.62. The van der Waals surface area contributed by atoms with Crippen molar-refractivity contribution in [1.29, 1.82) is 0 Å². The molecular weight excluding hydrogens is 284 g/mol. The van der Waals surface area contributed by atoms with Crippen molar-refractivity contribution in [3.8, 4) is 0 Å². The summed E-state index contributed by atoms with van der Waals surface area (Å²) < 4.78 is 1.94. The van der Waals surface area contributed by atoms with Gasteiger partial charge in [0.25, 0.3) is 0 Å². The predicted molar refractivity (Wildman–Crippen MR) is 75.6 cm³/mol. The Morgan fingerprint density at radius 3 is 2.89 bits per heavy atom. The van der Waals surface area contributed by atoms with Gasteiger partial charge in [0.2, 0.25) is 5.91 Å². The number of thiazole rings is 1. The van der Waals surface area contributed by atoms with E-state index in [1.165, 1.54) is 11.8 Å². The number of hydrogen-bond donors (Lipinski definition) is 2. The van der Waals surface area contributed by atoms with Crippen LogP contribution in [-0.2, 0) is 9.59 Å². The number of para-hydroxylation sites is 1. The zero-order chi connectivity index (χ0) is 13.7. The maximum atomic E-state index is 11.5. The Morgan fingerprint density at radius 1 is 1.37 bits per heavy atom. The number of aliphatic carboxylic acids is 1. The van der Waals surface area contributed by atoms with Crippen molar-refractivity contribution in [2.24, 2.45) is 0 Å². The van der Waals surface area contributed by atoms with Gasteiger partial charge in [-0.15, -0.1) is 11.3 Å². The lowest BCUT2D eigenvalue weighted by Crippen LogP contribution is -2.27. The van der Waals surface area contributed by atoms with E-state index in [9.17, 15) is 9.59 Å². The lowest BCUT2D eigenvalue weighted by molar-refractivity contribution is -0.136. The highest BCUT2D eigenvalue weighted by molar-refractivity contribution is 8.01. The van der Waals surface area contributed by atoms with Crippen molar-refractivity contribution in [2.75, 3.05) is 12.3 Å². The monoisotopic (exact) mass is 296 g/mol. The zero-order valence-corrected chi connectivity index (χ0v) is 11.6. The Labute approximate surface area is 118 Å². The van der Waals surface area contributed by atoms with Gasteiger partial charge in [-0.2, -0.15) is 0 Å². The summed E-state index contributed by atoms with van der Waals surface area (Å²) in [6, 6.07) is 7.80. The van der Waals surface area contributed by atoms with Crippen LogP contribution in [-0.4, -0.2) is 34.3 Å². The summed E-state index contributed by atoms with van der Waals surface area (Å²) in [5, 5.41) is 11.0. The second-order valence-corrected chi connectivity index (χ2v) is 5.98. The Morgan fingerprint density at radius 2 is 2.16 bits per heavy atom. The molecule has 1 aromatic heterocycles. The van der Waals surface area contributed by atoms with E-state index in [1.807, 2.05) is 24.3 Å². The van der Waals surface area contributed by atoms with Crippen LogP contribution >= 0.6 is 23.1 Å². The van der Waals surface area contributed by atoms with Crippen LogP contribution in [0.2, 0.25) is 0 Å². The molecular formula is C12H12N2O3S2. The molecule has 0 spiro atoms. The highest BCUT2D eigenvalue weighted by Crippen LogP contribution is 2.28. The molecule has 0 radical (unpaired) electrons. The molecule has 0 unspecified atom stereocenters. The maximum absolute atomic E-state index is 11.5. The number of thioether (sulfide) groups is 1. The highest BCUT2D eigenvalue weighted by Gasteiger charge is 2.07. The van der Waals surface area contributed by atoms with E-state index < -0.39 is 5.97 Å². The number of fused-ring (bicyclic) bond motifs is 1. The van der Waals surface area contributed by atoms with E-state index in [0.29, 0.717) is 0 Å². The molecule has 19 heavy (non-hydrogen) atoms. The van der Waals surface area contributed by atoms with Crippen LogP contribution in [0, 0.1) is 0 Å². The molecule has 0 atom stereocenters. The van der Waals surface area contributed by atoms with Crippen LogP contribution in [0.25, 0.3) is 10.2 Å². The molecule has 0 aliphatic rings. The van der Waals surface area contributed by atoms with Gasteiger partial charge in [-0.3, -0.25) is 9.59 Å². The Bertz CT molecular complexity index is 564. The average molecular weight is 296 g/mol. The van der Waals surface area contributed by atoms with E-state index >= 15 is 0 Å². The number of carbonyl (C=O) groups is 2. The zero-order valence-electron chi connectivity index (χ0n) is 9.96. The minimum absolute atomic E-state index is 0.0580. The topological polar surface area (TPSA) is 79.3 Å². The number of amides is 1. The number of carboxylic acids is 1. The summed E-state index contributed by atoms with van der Waals surface area (Å²) >= 11 is 2.91. The molecule has 100 valence electrons. The third-order valence-electron chi connectivity index (χ3n) is 2.26. The Balaban J connectivity index is 1.81. The van der Waals surface area contributed by atoms with Crippen LogP contribution in [0.5, 0.6) is 0 Å². The molecule has 2 aromatic rings. The summed E-state index contributed by atoms with van der Waals surface area (Å²) in [6.07, 6.45) is -0.0580. The van der Waals surface area contributed by atoms with Crippen LogP contribution in [0.1, 0.15) is 6.42 Å². The molecule has 0 bridgehead atoms. The summed E-state index contributed by atoms with van der Waals surface area (Å²) in [4.78, 5) is 26.2. The van der Waals surface area contributed by atoms with Crippen molar-refractivity contribution < 1.29 is 14.7 Å². The molecule has 0 aliphatic heterocycles. The first-order chi connectivity index (χ1) is 9.15. The van der Waals surface area contributed by atoms with Crippen LogP contribution in [0.4, 0.5) is 0 Å². The third-order valence-corrected chi connectivity index (χ3v) is 4.44. The fraction of sp³-hybridized carbons (Fsp3) is 0.250. The molecule has 1 heterocycles. The molecule has 1 aromatic carbocycles. The normalized spacial score (nSPS) is 10.5. The number of nitrogens with zero attached hydrogens (tertiary/aromatic N) is 1. The van der Waals surface area contributed by atoms with E-state index in [0.717, 1.165) is 14.6 Å². The van der Waals surface area contributed by atoms with Gasteiger partial charge in [0.05, 0.1) is 22.4 Å². The molecule has 0 saturated carbocycles. The number of hydrogen-bond acceptors (Lipinski definition) is 5. The van der Waals surface area contributed by atoms with Crippen LogP contribution < -0.4 is 5.32 Å². The highest BCUT2D eigenvalue weighted by atomic mass is 32.2. The smallest absolute Gasteiger partial charge is 0.305 e. The lowest BCUT2D eigenvalue weighted by Gasteiger charge is -2.01. The Kier molecular flexibility index (Phi) is 4.75. The van der Waals surface area contributed by atoms with E-state index in [2.05, 4.69) is 10.3 Å². The molecule has 0 saturated heterocycles. The van der Waals surface area contributed by atoms with E-state index in [-0.39, 0.29) is 24.6 Å². The van der Waals surface area contributed by atoms with Crippen molar-refractivity contribution >= 4 is 45.2 Å². The van der Waals surface area contributed by atoms with Gasteiger partial charge in [0.1, 0.15) is 0 Å². The van der Waals surface area contributed by atoms with Gasteiger partial charge in [0, 0.05) is 6.54 Å². The number of carbonyl (C=O) groups excluding carboxylic acids is 1. The molecule has 7 heteroatoms. The SMILES string of the molecule is O=C(O)CCNC(=O)CSc1nc2ccccc2s1. The van der Waals surface area contributed by atoms with Gasteiger partial charge in [-0.1, -0.05) is 23.9 Å². The average Bonchev–Trinajstić information content (AvgIpc) is 2.78. The summed E-state index contributed by atoms with van der Waals surface area (Å²) in [5.74, 6) is -0.843. The third kappa shape index (κ3) is 4.22. The number of rotatable bonds is 6. The van der Waals surface area contributed by atoms with Gasteiger partial charge >= 0.3 is 5.97 Å². The standard InChI is InChI=1S/C12H12N2O3S2/c15-10(13-6-5-11(16)17)7-18-12-14-8-3-1-2-4-9(8)19-12/h1-4H,5-7H2,(H,13,15)(H,16,17). The van der Waals surface area contributed by atoms with Crippen molar-refractivity contribution in [2.45, 2.75) is 10.8 Å². The summed E-state index contributed by atoms with van der Waals surface area (Å²) in [5.41, 5.74) is 0.932. The minimum atomic E-state index is -0.917. The fourth-order valence-corrected chi connectivity index (χ4v) is 3.30. The summed E-state index contributed by atoms with van der Waals surface area (Å²) in [7, 11) is 0. The molecule has 0 aliphatic carbocycles. The molecule has 2 rings (SSSR count). The second-order valence-electron chi connectivity index (χ2n) is 3.73. The van der Waals surface area contributed by atoms with Crippen molar-refractivity contribution in [1.82, 2.24) is 10.3 Å². The minimum Gasteiger partial charge on any atom is -0.481 e. The number of carboxylic acid groups (broad SMARTS) is 1. The van der Waals surface area contributed by atoms with Gasteiger partial charge in [-0.25, -0.2) is 4.98 Å². The van der Waals surface area contributed by atoms with Gasteiger partial charge in [-0.05, 0) is 12.1 Å². The molecule has 1 amide bonds. The lowest BCUT2D eigenvalue weighted by atomic mass is 10.3. The van der Waals surface area contributed by atoms with Crippen molar-refractivity contribution in [3.63, 3.8) is 0 Å². The van der Waals surface area contributed by atoms with Crippen LogP contribution in [0.15, 0.2) is 28.6 Å². The van der Waals surface area contributed by atoms with Gasteiger partial charge in [0.15, 0.2) is 4.34 Å². The number of nitrogens with one attached hydrogen (secondary N) is 1. The van der Waals surface area contributed by atoms with Gasteiger partial charge < -0.3 is 10.4 Å². The predicted octanol–water partition coefficient (Wildman–Crippen LogP) is 1.98. The van der Waals surface area contributed by atoms with Crippen LogP contribution in [0.3, 0.4) is 0 Å². The molecule has 5 nitrogen and oxygen atoms in total. The number of benzene rings is 1.